The molecule has 0 spiro atoms. The number of phenols is 2. The van der Waals surface area contributed by atoms with Gasteiger partial charge in [0.1, 0.15) is 0 Å². The molecule has 0 heterocycles. The van der Waals surface area contributed by atoms with Gasteiger partial charge in [-0.15, -0.1) is 0 Å². The molecule has 0 atom stereocenters. The summed E-state index contributed by atoms with van der Waals surface area (Å²) in [5, 5.41) is 18.4. The zero-order valence-electron chi connectivity index (χ0n) is 7.93. The van der Waals surface area contributed by atoms with Crippen molar-refractivity contribution in [2.45, 2.75) is 18.3 Å². The Hall–Kier alpha value is -1.36. The minimum atomic E-state index is -1.32. The highest BCUT2D eigenvalue weighted by Gasteiger charge is 2.46. The van der Waals surface area contributed by atoms with Gasteiger partial charge in [0.2, 0.25) is 5.82 Å². The Labute approximate surface area is 85.1 Å². The molecular formula is C10H11F2NO2. The van der Waals surface area contributed by atoms with Crippen molar-refractivity contribution < 1.29 is 19.0 Å². The van der Waals surface area contributed by atoms with E-state index in [2.05, 4.69) is 0 Å². The van der Waals surface area contributed by atoms with Crippen LogP contribution in [0.5, 0.6) is 11.5 Å². The van der Waals surface area contributed by atoms with Crippen LogP contribution < -0.4 is 5.73 Å². The quantitative estimate of drug-likeness (QED) is 0.698. The van der Waals surface area contributed by atoms with Crippen molar-refractivity contribution in [1.29, 1.82) is 0 Å². The summed E-state index contributed by atoms with van der Waals surface area (Å²) in [6.45, 7) is 0.226. The Bertz CT molecular complexity index is 416. The van der Waals surface area contributed by atoms with Gasteiger partial charge in [0.05, 0.1) is 0 Å². The van der Waals surface area contributed by atoms with Gasteiger partial charge in [0.25, 0.3) is 0 Å². The van der Waals surface area contributed by atoms with E-state index in [4.69, 9.17) is 10.8 Å². The van der Waals surface area contributed by atoms with Crippen LogP contribution in [-0.4, -0.2) is 16.8 Å². The number of nitrogens with two attached hydrogens (primary N) is 1. The molecule has 1 fully saturated rings. The maximum Gasteiger partial charge on any atom is 0.209 e. The van der Waals surface area contributed by atoms with Gasteiger partial charge in [0, 0.05) is 17.5 Å². The topological polar surface area (TPSA) is 66.5 Å². The third-order valence-electron chi connectivity index (χ3n) is 2.98. The van der Waals surface area contributed by atoms with Gasteiger partial charge < -0.3 is 15.9 Å². The average Bonchev–Trinajstić information content (AvgIpc) is 3.01. The number of phenolic OH excluding ortho intramolecular Hbond substituents is 2. The summed E-state index contributed by atoms with van der Waals surface area (Å²) in [5.74, 6) is -4.23. The van der Waals surface area contributed by atoms with Crippen LogP contribution in [0.3, 0.4) is 0 Å². The molecule has 0 bridgehead atoms. The molecule has 1 aromatic rings. The average molecular weight is 215 g/mol. The zero-order valence-corrected chi connectivity index (χ0v) is 7.93. The smallest absolute Gasteiger partial charge is 0.209 e. The molecule has 15 heavy (non-hydrogen) atoms. The van der Waals surface area contributed by atoms with Crippen LogP contribution in [-0.2, 0) is 5.41 Å². The molecule has 0 unspecified atom stereocenters. The first-order chi connectivity index (χ1) is 7.02. The lowest BCUT2D eigenvalue weighted by Gasteiger charge is -2.15. The summed E-state index contributed by atoms with van der Waals surface area (Å²) in [4.78, 5) is 0. The molecule has 82 valence electrons. The summed E-state index contributed by atoms with van der Waals surface area (Å²) in [6.07, 6.45) is 1.39. The lowest BCUT2D eigenvalue weighted by molar-refractivity contribution is 0.359. The van der Waals surface area contributed by atoms with Gasteiger partial charge in [-0.3, -0.25) is 0 Å². The number of hydrogen-bond acceptors (Lipinski definition) is 3. The third-order valence-corrected chi connectivity index (χ3v) is 2.98. The molecule has 0 saturated heterocycles. The third kappa shape index (κ3) is 1.34. The van der Waals surface area contributed by atoms with Crippen LogP contribution in [0.4, 0.5) is 8.78 Å². The van der Waals surface area contributed by atoms with Gasteiger partial charge in [-0.2, -0.15) is 4.39 Å². The number of halogens is 2. The van der Waals surface area contributed by atoms with Gasteiger partial charge in [-0.25, -0.2) is 4.39 Å². The maximum absolute atomic E-state index is 13.2. The molecule has 2 rings (SSSR count). The minimum Gasteiger partial charge on any atom is -0.505 e. The van der Waals surface area contributed by atoms with Crippen molar-refractivity contribution in [3.8, 4) is 11.5 Å². The second-order valence-electron chi connectivity index (χ2n) is 3.90. The Balaban J connectivity index is 2.58. The second kappa shape index (κ2) is 3.06. The fourth-order valence-corrected chi connectivity index (χ4v) is 1.74. The predicted octanol–water partition coefficient (Wildman–Crippen LogP) is 1.37. The summed E-state index contributed by atoms with van der Waals surface area (Å²) in [5.41, 5.74) is 5.13. The van der Waals surface area contributed by atoms with Crippen LogP contribution in [0.15, 0.2) is 6.07 Å². The number of benzene rings is 1. The first-order valence-electron chi connectivity index (χ1n) is 4.62. The standard InChI is InChI=1S/C10H11F2NO2/c11-6-3-5(10(4-13)1-2-10)8(14)7(12)9(6)15/h3,14-15H,1-2,4,13H2. The molecule has 5 heteroatoms. The van der Waals surface area contributed by atoms with E-state index in [0.29, 0.717) is 12.8 Å². The van der Waals surface area contributed by atoms with Gasteiger partial charge >= 0.3 is 0 Å². The van der Waals surface area contributed by atoms with E-state index in [0.717, 1.165) is 6.07 Å². The number of aromatic hydroxyl groups is 2. The fraction of sp³-hybridized carbons (Fsp3) is 0.400. The number of rotatable bonds is 2. The second-order valence-corrected chi connectivity index (χ2v) is 3.90. The van der Waals surface area contributed by atoms with Crippen molar-refractivity contribution in [2.24, 2.45) is 5.73 Å². The van der Waals surface area contributed by atoms with Crippen LogP contribution in [0.2, 0.25) is 0 Å². The van der Waals surface area contributed by atoms with Gasteiger partial charge in [-0.05, 0) is 18.9 Å². The van der Waals surface area contributed by atoms with Crippen molar-refractivity contribution in [3.63, 3.8) is 0 Å². The van der Waals surface area contributed by atoms with E-state index >= 15 is 0 Å². The van der Waals surface area contributed by atoms with E-state index in [-0.39, 0.29) is 12.1 Å². The van der Waals surface area contributed by atoms with E-state index in [1.165, 1.54) is 0 Å². The molecule has 1 aliphatic rings. The summed E-state index contributed by atoms with van der Waals surface area (Å²) in [7, 11) is 0. The van der Waals surface area contributed by atoms with Crippen molar-refractivity contribution in [3.05, 3.63) is 23.3 Å². The van der Waals surface area contributed by atoms with Crippen LogP contribution >= 0.6 is 0 Å². The SMILES string of the molecule is NCC1(c2cc(F)c(O)c(F)c2O)CC1. The number of hydrogen-bond donors (Lipinski definition) is 3. The van der Waals surface area contributed by atoms with Crippen molar-refractivity contribution >= 4 is 0 Å². The molecule has 0 amide bonds. The molecule has 1 saturated carbocycles. The van der Waals surface area contributed by atoms with Crippen LogP contribution in [0.1, 0.15) is 18.4 Å². The summed E-state index contributed by atoms with van der Waals surface area (Å²) in [6, 6.07) is 0.952. The van der Waals surface area contributed by atoms with Crippen LogP contribution in [0.25, 0.3) is 0 Å². The highest BCUT2D eigenvalue weighted by Crippen LogP contribution is 2.52. The first kappa shape index (κ1) is 10.2. The van der Waals surface area contributed by atoms with E-state index < -0.39 is 28.5 Å². The molecule has 1 aliphatic carbocycles. The molecular weight excluding hydrogens is 204 g/mol. The van der Waals surface area contributed by atoms with E-state index in [9.17, 15) is 13.9 Å². The molecule has 0 aromatic heterocycles. The fourth-order valence-electron chi connectivity index (χ4n) is 1.74. The summed E-state index contributed by atoms with van der Waals surface area (Å²) < 4.78 is 26.2. The lowest BCUT2D eigenvalue weighted by atomic mass is 9.94. The monoisotopic (exact) mass is 215 g/mol. The predicted molar refractivity (Wildman–Crippen MR) is 49.7 cm³/mol. The first-order valence-corrected chi connectivity index (χ1v) is 4.62. The minimum absolute atomic E-state index is 0.151. The molecule has 3 nitrogen and oxygen atoms in total. The molecule has 0 aliphatic heterocycles. The zero-order chi connectivity index (χ0) is 11.2. The largest absolute Gasteiger partial charge is 0.505 e. The lowest BCUT2D eigenvalue weighted by Crippen LogP contribution is -2.20. The summed E-state index contributed by atoms with van der Waals surface area (Å²) >= 11 is 0. The Morgan fingerprint density at radius 3 is 2.33 bits per heavy atom. The highest BCUT2D eigenvalue weighted by molar-refractivity contribution is 5.48. The van der Waals surface area contributed by atoms with Crippen molar-refractivity contribution in [1.82, 2.24) is 0 Å². The molecule has 4 N–H and O–H groups in total. The van der Waals surface area contributed by atoms with Crippen LogP contribution in [0, 0.1) is 11.6 Å². The highest BCUT2D eigenvalue weighted by atomic mass is 19.1. The van der Waals surface area contributed by atoms with Crippen molar-refractivity contribution in [2.75, 3.05) is 6.54 Å². The van der Waals surface area contributed by atoms with E-state index in [1.807, 2.05) is 0 Å². The van der Waals surface area contributed by atoms with Gasteiger partial charge in [0.15, 0.2) is 17.3 Å². The normalized spacial score (nSPS) is 17.8. The Morgan fingerprint density at radius 2 is 1.87 bits per heavy atom. The molecule has 1 aromatic carbocycles. The molecule has 0 radical (unpaired) electrons. The Kier molecular flexibility index (Phi) is 2.08. The van der Waals surface area contributed by atoms with E-state index in [1.54, 1.807) is 0 Å². The maximum atomic E-state index is 13.2. The Morgan fingerprint density at radius 1 is 1.27 bits per heavy atom. The van der Waals surface area contributed by atoms with Gasteiger partial charge in [-0.1, -0.05) is 0 Å².